The largest absolute Gasteiger partial charge is 0.503 e. The van der Waals surface area contributed by atoms with E-state index in [2.05, 4.69) is 0 Å². The van der Waals surface area contributed by atoms with Crippen LogP contribution in [0.15, 0.2) is 48.5 Å². The van der Waals surface area contributed by atoms with Gasteiger partial charge < -0.3 is 20.4 Å². The Morgan fingerprint density at radius 3 is 0.650 bits per heavy atom. The molecule has 0 aliphatic rings. The molecule has 0 heterocycles. The van der Waals surface area contributed by atoms with Crippen LogP contribution in [0.3, 0.4) is 0 Å². The van der Waals surface area contributed by atoms with Crippen molar-refractivity contribution < 1.29 is 55.5 Å². The van der Waals surface area contributed by atoms with Gasteiger partial charge >= 0.3 is 0 Å². The van der Waals surface area contributed by atoms with E-state index in [0.717, 1.165) is 0 Å². The SMILES string of the molecule is Oc1c(F)cc(C(CCC(c2cc(F)c(O)c(F)c2)c2cc(F)c(O)c(F)c2)c2cc(F)c(O)c(F)c2)cc1F. The minimum atomic E-state index is -1.42. The third-order valence-corrected chi connectivity index (χ3v) is 6.51. The van der Waals surface area contributed by atoms with E-state index in [9.17, 15) is 55.5 Å². The van der Waals surface area contributed by atoms with Crippen molar-refractivity contribution in [2.24, 2.45) is 0 Å². The Balaban J connectivity index is 1.85. The predicted octanol–water partition coefficient (Wildman–Crippen LogP) is 7.37. The van der Waals surface area contributed by atoms with Crippen LogP contribution in [0.25, 0.3) is 0 Å². The van der Waals surface area contributed by atoms with Crippen molar-refractivity contribution in [1.29, 1.82) is 0 Å². The zero-order valence-electron chi connectivity index (χ0n) is 20.0. The average Bonchev–Trinajstić information content (AvgIpc) is 2.89. The Kier molecular flexibility index (Phi) is 7.81. The van der Waals surface area contributed by atoms with E-state index in [0.29, 0.717) is 48.5 Å². The van der Waals surface area contributed by atoms with E-state index in [1.54, 1.807) is 0 Å². The molecule has 4 rings (SSSR count). The van der Waals surface area contributed by atoms with E-state index < -0.39 is 81.4 Å². The first kappa shape index (κ1) is 28.5. The highest BCUT2D eigenvalue weighted by atomic mass is 19.2. The van der Waals surface area contributed by atoms with Gasteiger partial charge in [-0.15, -0.1) is 0 Å². The van der Waals surface area contributed by atoms with Crippen LogP contribution in [-0.2, 0) is 0 Å². The minimum Gasteiger partial charge on any atom is -0.503 e. The molecule has 0 saturated heterocycles. The average molecular weight is 570 g/mol. The smallest absolute Gasteiger partial charge is 0.187 e. The maximum absolute atomic E-state index is 14.2. The third kappa shape index (κ3) is 5.47. The number of halogens is 8. The molecule has 4 aromatic carbocycles. The van der Waals surface area contributed by atoms with Gasteiger partial charge in [-0.2, -0.15) is 0 Å². The van der Waals surface area contributed by atoms with Crippen LogP contribution in [-0.4, -0.2) is 20.4 Å². The topological polar surface area (TPSA) is 80.9 Å². The fourth-order valence-electron chi connectivity index (χ4n) is 4.53. The Morgan fingerprint density at radius 1 is 0.350 bits per heavy atom. The Bertz CT molecular complexity index is 1280. The second-order valence-corrected chi connectivity index (χ2v) is 9.02. The normalized spacial score (nSPS) is 11.6. The van der Waals surface area contributed by atoms with Gasteiger partial charge in [0.1, 0.15) is 0 Å². The highest BCUT2D eigenvalue weighted by molar-refractivity contribution is 5.43. The molecule has 40 heavy (non-hydrogen) atoms. The molecule has 0 amide bonds. The van der Waals surface area contributed by atoms with Crippen molar-refractivity contribution in [2.45, 2.75) is 24.7 Å². The van der Waals surface area contributed by atoms with Gasteiger partial charge in [-0.05, 0) is 83.6 Å². The zero-order chi connectivity index (χ0) is 29.5. The van der Waals surface area contributed by atoms with Crippen LogP contribution >= 0.6 is 0 Å². The molecule has 12 heteroatoms. The first-order valence-electron chi connectivity index (χ1n) is 11.5. The number of phenols is 4. The lowest BCUT2D eigenvalue weighted by Gasteiger charge is -2.24. The van der Waals surface area contributed by atoms with Crippen molar-refractivity contribution >= 4 is 0 Å². The van der Waals surface area contributed by atoms with Crippen molar-refractivity contribution in [3.63, 3.8) is 0 Å². The highest BCUT2D eigenvalue weighted by Crippen LogP contribution is 2.41. The number of benzene rings is 4. The fourth-order valence-corrected chi connectivity index (χ4v) is 4.53. The lowest BCUT2D eigenvalue weighted by atomic mass is 9.80. The molecule has 4 aromatic rings. The Morgan fingerprint density at radius 2 is 0.500 bits per heavy atom. The summed E-state index contributed by atoms with van der Waals surface area (Å²) >= 11 is 0. The molecule has 0 unspecified atom stereocenters. The fraction of sp³-hybridized carbons (Fsp3) is 0.143. The molecule has 4 nitrogen and oxygen atoms in total. The van der Waals surface area contributed by atoms with Gasteiger partial charge in [0.25, 0.3) is 0 Å². The second-order valence-electron chi connectivity index (χ2n) is 9.02. The van der Waals surface area contributed by atoms with Crippen LogP contribution in [0.4, 0.5) is 35.1 Å². The van der Waals surface area contributed by atoms with Crippen molar-refractivity contribution in [1.82, 2.24) is 0 Å². The Labute approximate surface area is 221 Å². The highest BCUT2D eigenvalue weighted by Gasteiger charge is 2.27. The molecule has 0 fully saturated rings. The van der Waals surface area contributed by atoms with E-state index in [1.807, 2.05) is 0 Å². The molecule has 0 saturated carbocycles. The molecule has 0 aliphatic heterocycles. The molecule has 0 aromatic heterocycles. The molecule has 0 spiro atoms. The van der Waals surface area contributed by atoms with Crippen molar-refractivity contribution in [3.8, 4) is 23.0 Å². The summed E-state index contributed by atoms with van der Waals surface area (Å²) in [5.74, 6) is -19.2. The quantitative estimate of drug-likeness (QED) is 0.175. The van der Waals surface area contributed by atoms with Crippen LogP contribution in [0.2, 0.25) is 0 Å². The number of hydrogen-bond acceptors (Lipinski definition) is 4. The molecule has 0 radical (unpaired) electrons. The van der Waals surface area contributed by atoms with E-state index in [1.165, 1.54) is 0 Å². The van der Waals surface area contributed by atoms with Gasteiger partial charge in [-0.3, -0.25) is 0 Å². The summed E-state index contributed by atoms with van der Waals surface area (Å²) in [5.41, 5.74) is -0.992. The number of rotatable bonds is 7. The Hall–Kier alpha value is -4.48. The van der Waals surface area contributed by atoms with Crippen LogP contribution in [0.5, 0.6) is 23.0 Å². The summed E-state index contributed by atoms with van der Waals surface area (Å²) in [4.78, 5) is 0. The summed E-state index contributed by atoms with van der Waals surface area (Å²) in [6.07, 6.45) is -0.682. The van der Waals surface area contributed by atoms with Crippen LogP contribution in [0.1, 0.15) is 46.9 Å². The standard InChI is InChI=1S/C28H18F8O4/c29-17-3-11(4-18(30)25(17)37)15(12-5-19(31)26(38)20(32)6-12)1-2-16(13-7-21(33)27(39)22(34)8-13)14-9-23(35)28(40)24(36)10-14/h3-10,15-16,37-40H,1-2H2. The lowest BCUT2D eigenvalue weighted by Crippen LogP contribution is -2.10. The van der Waals surface area contributed by atoms with Crippen LogP contribution < -0.4 is 0 Å². The maximum atomic E-state index is 14.2. The summed E-state index contributed by atoms with van der Waals surface area (Å²) in [6.45, 7) is 0. The zero-order valence-corrected chi connectivity index (χ0v) is 20.0. The van der Waals surface area contributed by atoms with Gasteiger partial charge in [-0.25, -0.2) is 35.1 Å². The molecule has 210 valence electrons. The first-order valence-corrected chi connectivity index (χ1v) is 11.5. The first-order chi connectivity index (χ1) is 18.8. The van der Waals surface area contributed by atoms with E-state index in [4.69, 9.17) is 0 Å². The summed E-state index contributed by atoms with van der Waals surface area (Å²) in [5, 5.41) is 37.9. The molecular weight excluding hydrogens is 552 g/mol. The molecule has 4 N–H and O–H groups in total. The van der Waals surface area contributed by atoms with Crippen LogP contribution in [0, 0.1) is 46.5 Å². The summed E-state index contributed by atoms with van der Waals surface area (Å²) in [6, 6.07) is 5.45. The van der Waals surface area contributed by atoms with Crippen molar-refractivity contribution in [3.05, 3.63) is 117 Å². The lowest BCUT2D eigenvalue weighted by molar-refractivity contribution is 0.391. The molecular formula is C28H18F8O4. The molecule has 0 aliphatic carbocycles. The van der Waals surface area contributed by atoms with Gasteiger partial charge in [0, 0.05) is 11.8 Å². The summed E-state index contributed by atoms with van der Waals surface area (Å²) in [7, 11) is 0. The minimum absolute atomic E-state index is 0.248. The number of hydrogen-bond donors (Lipinski definition) is 4. The van der Waals surface area contributed by atoms with Gasteiger partial charge in [-0.1, -0.05) is 0 Å². The second kappa shape index (κ2) is 10.9. The molecule has 0 bridgehead atoms. The van der Waals surface area contributed by atoms with E-state index >= 15 is 0 Å². The third-order valence-electron chi connectivity index (χ3n) is 6.51. The van der Waals surface area contributed by atoms with Gasteiger partial charge in [0.2, 0.25) is 0 Å². The van der Waals surface area contributed by atoms with E-state index in [-0.39, 0.29) is 35.1 Å². The number of aromatic hydroxyl groups is 4. The van der Waals surface area contributed by atoms with Gasteiger partial charge in [0.15, 0.2) is 69.5 Å². The number of phenolic OH excluding ortho intramolecular Hbond substituents is 4. The molecule has 0 atom stereocenters. The predicted molar refractivity (Wildman–Crippen MR) is 125 cm³/mol. The van der Waals surface area contributed by atoms with Crippen molar-refractivity contribution in [2.75, 3.05) is 0 Å². The summed E-state index contributed by atoms with van der Waals surface area (Å²) < 4.78 is 114. The monoisotopic (exact) mass is 570 g/mol. The van der Waals surface area contributed by atoms with Gasteiger partial charge in [0.05, 0.1) is 0 Å². The maximum Gasteiger partial charge on any atom is 0.187 e.